The molecule has 0 radical (unpaired) electrons. The Bertz CT molecular complexity index is 1530. The average Bonchev–Trinajstić information content (AvgIpc) is 3.35. The zero-order valence-electron chi connectivity index (χ0n) is 24.3. The number of rotatable bonds is 12. The van der Waals surface area contributed by atoms with Crippen LogP contribution in [0.5, 0.6) is 0 Å². The molecule has 1 fully saturated rings. The molecule has 4 N–H and O–H groups in total. The molecule has 19 heteroatoms. The van der Waals surface area contributed by atoms with Crippen molar-refractivity contribution >= 4 is 60.7 Å². The number of nitrogens with zero attached hydrogens (tertiary/aromatic N) is 5. The van der Waals surface area contributed by atoms with Gasteiger partial charge in [-0.1, -0.05) is 30.0 Å². The fraction of sp³-hybridized carbons (Fsp3) is 0.480. The van der Waals surface area contributed by atoms with Crippen molar-refractivity contribution in [1.29, 1.82) is 0 Å². The summed E-state index contributed by atoms with van der Waals surface area (Å²) in [5.74, 6) is -2.02. The van der Waals surface area contributed by atoms with Gasteiger partial charge < -0.3 is 24.6 Å². The first-order valence-electron chi connectivity index (χ1n) is 13.3. The summed E-state index contributed by atoms with van der Waals surface area (Å²) in [4.78, 5) is 61.6. The average molecular weight is 670 g/mol. The number of benzene rings is 1. The number of ether oxygens (including phenoxy) is 1. The number of fused-ring (bicyclic) bond motifs is 1. The zero-order valence-corrected chi connectivity index (χ0v) is 26.8. The Labute approximate surface area is 260 Å². The predicted molar refractivity (Wildman–Crippen MR) is 160 cm³/mol. The second-order valence-corrected chi connectivity index (χ2v) is 14.5. The van der Waals surface area contributed by atoms with Gasteiger partial charge in [-0.15, -0.1) is 16.9 Å². The van der Waals surface area contributed by atoms with Crippen LogP contribution in [0.3, 0.4) is 0 Å². The Morgan fingerprint density at radius 1 is 1.25 bits per heavy atom. The van der Waals surface area contributed by atoms with Gasteiger partial charge >= 0.3 is 19.7 Å². The highest BCUT2D eigenvalue weighted by Crippen LogP contribution is 2.44. The van der Waals surface area contributed by atoms with E-state index in [1.165, 1.54) is 11.8 Å². The molecule has 0 aliphatic carbocycles. The summed E-state index contributed by atoms with van der Waals surface area (Å²) in [5.41, 5.74) is 0.413. The molecule has 1 aromatic carbocycles. The predicted octanol–water partition coefficient (Wildman–Crippen LogP) is 2.27. The van der Waals surface area contributed by atoms with Gasteiger partial charge in [0.25, 0.3) is 5.91 Å². The molecule has 1 saturated heterocycles. The van der Waals surface area contributed by atoms with Gasteiger partial charge in [-0.3, -0.25) is 24.4 Å². The smallest absolute Gasteiger partial charge is 0.412 e. The van der Waals surface area contributed by atoms with E-state index in [-0.39, 0.29) is 35.4 Å². The molecule has 3 atom stereocenters. The third-order valence-corrected chi connectivity index (χ3v) is 9.76. The topological polar surface area (TPSA) is 215 Å². The molecule has 2 aliphatic heterocycles. The van der Waals surface area contributed by atoms with Gasteiger partial charge in [0.05, 0.1) is 13.0 Å². The molecule has 3 heterocycles. The molecule has 1 unspecified atom stereocenters. The molecule has 2 aliphatic rings. The monoisotopic (exact) mass is 669 g/mol. The number of carbonyl (C=O) groups is 4. The fourth-order valence-electron chi connectivity index (χ4n) is 4.35. The minimum atomic E-state index is -3.98. The lowest BCUT2D eigenvalue weighted by molar-refractivity contribution is -0.150. The third kappa shape index (κ3) is 8.18. The molecule has 44 heavy (non-hydrogen) atoms. The number of β-lactam (4-membered cyclic amide) rings is 1. The van der Waals surface area contributed by atoms with Crippen molar-refractivity contribution in [3.63, 3.8) is 0 Å². The summed E-state index contributed by atoms with van der Waals surface area (Å²) in [6, 6.07) is 5.76. The number of hydrogen-bond acceptors (Lipinski definition) is 12. The van der Waals surface area contributed by atoms with Crippen molar-refractivity contribution in [1.82, 2.24) is 30.4 Å². The maximum atomic E-state index is 13.1. The highest BCUT2D eigenvalue weighted by Gasteiger charge is 2.54. The molecule has 4 rings (SSSR count). The molecule has 0 saturated carbocycles. The lowest BCUT2D eigenvalue weighted by atomic mass is 10.0. The number of tetrazole rings is 1. The van der Waals surface area contributed by atoms with E-state index in [1.807, 2.05) is 0 Å². The summed E-state index contributed by atoms with van der Waals surface area (Å²) in [5, 5.41) is 25.9. The number of hydrogen-bond donors (Lipinski definition) is 4. The van der Waals surface area contributed by atoms with Gasteiger partial charge in [0.2, 0.25) is 11.1 Å². The first-order chi connectivity index (χ1) is 20.7. The van der Waals surface area contributed by atoms with Gasteiger partial charge in [0, 0.05) is 17.2 Å². The lowest BCUT2D eigenvalue weighted by Gasteiger charge is -2.49. The number of thioether (sulfide) groups is 2. The van der Waals surface area contributed by atoms with Crippen LogP contribution in [0.25, 0.3) is 0 Å². The van der Waals surface area contributed by atoms with Crippen LogP contribution >= 0.6 is 31.1 Å². The Kier molecular flexibility index (Phi) is 10.4. The van der Waals surface area contributed by atoms with Crippen LogP contribution in [0.1, 0.15) is 33.3 Å². The summed E-state index contributed by atoms with van der Waals surface area (Å²) in [6.07, 6.45) is -1.30. The summed E-state index contributed by atoms with van der Waals surface area (Å²) in [6.45, 7) is 6.79. The number of carbonyl (C=O) groups excluding carboxylic acids is 3. The first kappa shape index (κ1) is 33.5. The van der Waals surface area contributed by atoms with E-state index in [2.05, 4.69) is 26.2 Å². The number of aliphatic carboxylic acids is 1. The van der Waals surface area contributed by atoms with Crippen molar-refractivity contribution in [3.8, 4) is 0 Å². The molecule has 2 aromatic rings. The van der Waals surface area contributed by atoms with E-state index in [1.54, 1.807) is 52.0 Å². The van der Waals surface area contributed by atoms with Crippen LogP contribution < -0.4 is 10.6 Å². The largest absolute Gasteiger partial charge is 0.477 e. The van der Waals surface area contributed by atoms with Gasteiger partial charge in [0.15, 0.2) is 0 Å². The zero-order chi connectivity index (χ0) is 32.2. The molecular formula is C25H32N7O9PS2. The fourth-order valence-corrected chi connectivity index (χ4v) is 7.83. The Balaban J connectivity index is 1.40. The van der Waals surface area contributed by atoms with Crippen molar-refractivity contribution in [2.75, 3.05) is 23.4 Å². The van der Waals surface area contributed by atoms with E-state index in [9.17, 15) is 33.7 Å². The van der Waals surface area contributed by atoms with E-state index in [0.29, 0.717) is 16.8 Å². The van der Waals surface area contributed by atoms with E-state index < -0.39 is 54.8 Å². The second-order valence-electron chi connectivity index (χ2n) is 10.6. The number of para-hydroxylation sites is 1. The van der Waals surface area contributed by atoms with Crippen LogP contribution in [0.15, 0.2) is 40.7 Å². The van der Waals surface area contributed by atoms with Crippen LogP contribution in [0, 0.1) is 0 Å². The SMILES string of the molecule is CCOP(=O)(O)Cn1nnnc1SCC1=C(C(=O)O)N2C(=O)[C@@H](NC(=O)Cc3ccccc3NC(=O)OC(C)(C)C)[C@H]2SC1. The van der Waals surface area contributed by atoms with Crippen molar-refractivity contribution in [2.24, 2.45) is 0 Å². The molecule has 0 spiro atoms. The van der Waals surface area contributed by atoms with Gasteiger partial charge in [-0.05, 0) is 55.3 Å². The maximum absolute atomic E-state index is 13.1. The van der Waals surface area contributed by atoms with Crippen molar-refractivity contribution in [3.05, 3.63) is 41.1 Å². The first-order valence-corrected chi connectivity index (χ1v) is 17.1. The van der Waals surface area contributed by atoms with Gasteiger partial charge in [0.1, 0.15) is 29.0 Å². The molecular weight excluding hydrogens is 637 g/mol. The van der Waals surface area contributed by atoms with E-state index in [4.69, 9.17) is 9.26 Å². The highest BCUT2D eigenvalue weighted by atomic mass is 32.2. The number of carboxylic acid groups (broad SMARTS) is 1. The van der Waals surface area contributed by atoms with Crippen LogP contribution in [0.2, 0.25) is 0 Å². The van der Waals surface area contributed by atoms with Crippen LogP contribution in [-0.4, -0.2) is 94.1 Å². The minimum Gasteiger partial charge on any atom is -0.477 e. The number of carboxylic acids is 1. The summed E-state index contributed by atoms with van der Waals surface area (Å²) >= 11 is 2.34. The second kappa shape index (κ2) is 13.7. The Morgan fingerprint density at radius 2 is 1.98 bits per heavy atom. The molecule has 0 bridgehead atoms. The minimum absolute atomic E-state index is 0.0234. The van der Waals surface area contributed by atoms with Crippen molar-refractivity contribution < 1.29 is 43.0 Å². The quantitative estimate of drug-likeness (QED) is 0.145. The molecule has 238 valence electrons. The Morgan fingerprint density at radius 3 is 2.66 bits per heavy atom. The lowest BCUT2D eigenvalue weighted by Crippen LogP contribution is -2.70. The number of amides is 3. The number of nitrogens with one attached hydrogen (secondary N) is 2. The van der Waals surface area contributed by atoms with Gasteiger partial charge in [-0.25, -0.2) is 14.3 Å². The summed E-state index contributed by atoms with van der Waals surface area (Å²) < 4.78 is 23.4. The molecule has 1 aromatic heterocycles. The Hall–Kier alpha value is -3.44. The number of anilines is 1. The van der Waals surface area contributed by atoms with E-state index >= 15 is 0 Å². The molecule has 16 nitrogen and oxygen atoms in total. The maximum Gasteiger partial charge on any atom is 0.412 e. The van der Waals surface area contributed by atoms with Crippen LogP contribution in [0.4, 0.5) is 10.5 Å². The third-order valence-electron chi connectivity index (χ3n) is 6.09. The normalized spacial score (nSPS) is 19.5. The highest BCUT2D eigenvalue weighted by molar-refractivity contribution is 8.01. The standard InChI is InChI=1S/C25H32N7O9PS2/c1-5-40-42(38,39)13-31-23(28-29-30-31)44-12-15-11-43-21-18(20(34)32(21)19(15)22(35)36)27-17(33)10-14-8-6-7-9-16(14)26-24(37)41-25(2,3)4/h6-9,18,21H,5,10-13H2,1-4H3,(H,26,37)(H,27,33)(H,35,36)(H,38,39)/t18-,21-/m1/s1. The van der Waals surface area contributed by atoms with E-state index in [0.717, 1.165) is 21.3 Å². The summed E-state index contributed by atoms with van der Waals surface area (Å²) in [7, 11) is -3.98. The molecule has 3 amide bonds. The van der Waals surface area contributed by atoms with Crippen LogP contribution in [-0.2, 0) is 40.9 Å². The van der Waals surface area contributed by atoms with Gasteiger partial charge in [-0.2, -0.15) is 0 Å². The van der Waals surface area contributed by atoms with Crippen molar-refractivity contribution in [2.45, 2.75) is 62.6 Å². The number of aromatic nitrogens is 4.